The van der Waals surface area contributed by atoms with Crippen LogP contribution >= 0.6 is 0 Å². The highest BCUT2D eigenvalue weighted by Gasteiger charge is 2.24. The zero-order valence-electron chi connectivity index (χ0n) is 23.3. The van der Waals surface area contributed by atoms with E-state index in [4.69, 9.17) is 9.47 Å². The molecule has 8 heteroatoms. The normalized spacial score (nSPS) is 12.9. The number of nitrogens with zero attached hydrogens (tertiary/aromatic N) is 2. The van der Waals surface area contributed by atoms with Crippen molar-refractivity contribution in [2.24, 2.45) is 0 Å². The fraction of sp³-hybridized carbons (Fsp3) is 0.212. The molecule has 1 fully saturated rings. The Kier molecular flexibility index (Phi) is 8.69. The number of hydrogen-bond donors (Lipinski definition) is 2. The zero-order chi connectivity index (χ0) is 28.6. The molecule has 0 aromatic heterocycles. The summed E-state index contributed by atoms with van der Waals surface area (Å²) in [5, 5.41) is 5.98. The van der Waals surface area contributed by atoms with Crippen LogP contribution in [-0.2, 0) is 6.54 Å². The van der Waals surface area contributed by atoms with Crippen LogP contribution in [-0.4, -0.2) is 52.2 Å². The maximum absolute atomic E-state index is 13.6. The average molecular weight is 551 g/mol. The van der Waals surface area contributed by atoms with Crippen LogP contribution in [0.15, 0.2) is 97.1 Å². The summed E-state index contributed by atoms with van der Waals surface area (Å²) >= 11 is 0. The fourth-order valence-corrected chi connectivity index (χ4v) is 5.05. The summed E-state index contributed by atoms with van der Waals surface area (Å²) in [5.41, 5.74) is 4.34. The molecule has 0 radical (unpaired) electrons. The van der Waals surface area contributed by atoms with Gasteiger partial charge in [-0.05, 0) is 48.0 Å². The van der Waals surface area contributed by atoms with Crippen LogP contribution < -0.4 is 29.9 Å². The molecule has 41 heavy (non-hydrogen) atoms. The molecule has 1 aliphatic heterocycles. The summed E-state index contributed by atoms with van der Waals surface area (Å²) in [4.78, 5) is 31.2. The maximum atomic E-state index is 13.6. The van der Waals surface area contributed by atoms with E-state index in [-0.39, 0.29) is 11.8 Å². The van der Waals surface area contributed by atoms with Crippen molar-refractivity contribution >= 4 is 28.9 Å². The molecule has 0 atom stereocenters. The van der Waals surface area contributed by atoms with Crippen molar-refractivity contribution in [1.82, 2.24) is 5.32 Å². The Morgan fingerprint density at radius 3 is 1.98 bits per heavy atom. The van der Waals surface area contributed by atoms with Gasteiger partial charge in [0.25, 0.3) is 11.8 Å². The number of para-hydroxylation sites is 3. The molecule has 1 aliphatic rings. The lowest BCUT2D eigenvalue weighted by molar-refractivity contribution is 0.0950. The minimum atomic E-state index is -0.309. The predicted molar refractivity (Wildman–Crippen MR) is 162 cm³/mol. The Labute approximate surface area is 240 Å². The highest BCUT2D eigenvalue weighted by molar-refractivity contribution is 6.07. The summed E-state index contributed by atoms with van der Waals surface area (Å²) in [5.74, 6) is 0.813. The molecule has 5 rings (SSSR count). The first-order chi connectivity index (χ1) is 20.1. The number of carbonyl (C=O) groups excluding carboxylic acids is 2. The smallest absolute Gasteiger partial charge is 0.259 e. The van der Waals surface area contributed by atoms with Crippen LogP contribution in [0.25, 0.3) is 0 Å². The number of nitrogens with one attached hydrogen (secondary N) is 2. The van der Waals surface area contributed by atoms with Crippen LogP contribution in [0.5, 0.6) is 11.5 Å². The van der Waals surface area contributed by atoms with Gasteiger partial charge in [-0.1, -0.05) is 54.6 Å². The third-order valence-corrected chi connectivity index (χ3v) is 7.19. The Morgan fingerprint density at radius 2 is 1.27 bits per heavy atom. The van der Waals surface area contributed by atoms with Gasteiger partial charge in [0.1, 0.15) is 11.5 Å². The molecule has 2 amide bonds. The van der Waals surface area contributed by atoms with E-state index in [1.165, 1.54) is 7.11 Å². The van der Waals surface area contributed by atoms with Crippen molar-refractivity contribution in [3.05, 3.63) is 114 Å². The first kappa shape index (κ1) is 27.6. The number of carbonyl (C=O) groups is 2. The molecular formula is C33H34N4O4. The predicted octanol–water partition coefficient (Wildman–Crippen LogP) is 5.21. The van der Waals surface area contributed by atoms with Gasteiger partial charge in [-0.3, -0.25) is 9.59 Å². The molecule has 0 bridgehead atoms. The first-order valence-electron chi connectivity index (χ1n) is 13.6. The van der Waals surface area contributed by atoms with Crippen molar-refractivity contribution in [2.45, 2.75) is 6.54 Å². The van der Waals surface area contributed by atoms with Gasteiger partial charge < -0.3 is 29.9 Å². The van der Waals surface area contributed by atoms with Gasteiger partial charge in [0.15, 0.2) is 0 Å². The first-order valence-corrected chi connectivity index (χ1v) is 13.6. The van der Waals surface area contributed by atoms with E-state index in [1.807, 2.05) is 66.7 Å². The van der Waals surface area contributed by atoms with E-state index < -0.39 is 0 Å². The molecule has 2 N–H and O–H groups in total. The topological polar surface area (TPSA) is 83.1 Å². The fourth-order valence-electron chi connectivity index (χ4n) is 5.05. The Morgan fingerprint density at radius 1 is 0.659 bits per heavy atom. The van der Waals surface area contributed by atoms with Crippen molar-refractivity contribution < 1.29 is 19.1 Å². The highest BCUT2D eigenvalue weighted by Crippen LogP contribution is 2.31. The van der Waals surface area contributed by atoms with Gasteiger partial charge in [-0.2, -0.15) is 0 Å². The molecule has 0 unspecified atom stereocenters. The molecule has 4 aromatic carbocycles. The Balaban J connectivity index is 1.38. The number of hydrogen-bond acceptors (Lipinski definition) is 6. The standard InChI is InChI=1S/C33H34N4O4/c1-40-30-14-8-6-12-26(30)33(39)35-25-16-17-28(27(22-25)32(38)34-23-24-10-4-3-5-11-24)36-18-20-37(21-19-36)29-13-7-9-15-31(29)41-2/h3-17,22H,18-21,23H2,1-2H3,(H,34,38)(H,35,39). The van der Waals surface area contributed by atoms with E-state index in [0.717, 1.165) is 48.9 Å². The van der Waals surface area contributed by atoms with Gasteiger partial charge in [-0.25, -0.2) is 0 Å². The SMILES string of the molecule is COc1ccccc1C(=O)Nc1ccc(N2CCN(c3ccccc3OC)CC2)c(C(=O)NCc2ccccc2)c1. The van der Waals surface area contributed by atoms with E-state index in [2.05, 4.69) is 26.5 Å². The van der Waals surface area contributed by atoms with Gasteiger partial charge in [0, 0.05) is 44.1 Å². The second-order valence-corrected chi connectivity index (χ2v) is 9.70. The molecule has 210 valence electrons. The lowest BCUT2D eigenvalue weighted by Gasteiger charge is -2.38. The van der Waals surface area contributed by atoms with Crippen LogP contribution in [0.1, 0.15) is 26.3 Å². The number of rotatable bonds is 9. The summed E-state index contributed by atoms with van der Waals surface area (Å²) in [6, 6.07) is 30.3. The molecule has 1 saturated heterocycles. The highest BCUT2D eigenvalue weighted by atomic mass is 16.5. The Bertz CT molecular complexity index is 1500. The van der Waals surface area contributed by atoms with E-state index >= 15 is 0 Å². The van der Waals surface area contributed by atoms with E-state index in [0.29, 0.717) is 29.1 Å². The zero-order valence-corrected chi connectivity index (χ0v) is 23.3. The number of benzene rings is 4. The largest absolute Gasteiger partial charge is 0.496 e. The lowest BCUT2D eigenvalue weighted by Crippen LogP contribution is -2.47. The van der Waals surface area contributed by atoms with Crippen LogP contribution in [0.3, 0.4) is 0 Å². The molecule has 0 spiro atoms. The van der Waals surface area contributed by atoms with Gasteiger partial charge in [0.2, 0.25) is 0 Å². The third kappa shape index (κ3) is 6.44. The molecule has 4 aromatic rings. The number of ether oxygens (including phenoxy) is 2. The third-order valence-electron chi connectivity index (χ3n) is 7.19. The number of piperazine rings is 1. The van der Waals surface area contributed by atoms with Gasteiger partial charge in [-0.15, -0.1) is 0 Å². The van der Waals surface area contributed by atoms with Crippen molar-refractivity contribution in [2.75, 3.05) is 55.5 Å². The molecule has 8 nitrogen and oxygen atoms in total. The molecule has 0 saturated carbocycles. The van der Waals surface area contributed by atoms with Gasteiger partial charge >= 0.3 is 0 Å². The second kappa shape index (κ2) is 12.9. The summed E-state index contributed by atoms with van der Waals surface area (Å²) < 4.78 is 10.9. The van der Waals surface area contributed by atoms with Crippen molar-refractivity contribution in [3.63, 3.8) is 0 Å². The monoisotopic (exact) mass is 550 g/mol. The van der Waals surface area contributed by atoms with Crippen LogP contribution in [0, 0.1) is 0 Å². The van der Waals surface area contributed by atoms with Crippen LogP contribution in [0.2, 0.25) is 0 Å². The number of methoxy groups -OCH3 is 2. The number of anilines is 3. The quantitative estimate of drug-likeness (QED) is 0.298. The van der Waals surface area contributed by atoms with Gasteiger partial charge in [0.05, 0.1) is 31.0 Å². The van der Waals surface area contributed by atoms with E-state index in [9.17, 15) is 9.59 Å². The minimum absolute atomic E-state index is 0.204. The molecular weight excluding hydrogens is 516 g/mol. The minimum Gasteiger partial charge on any atom is -0.496 e. The summed E-state index contributed by atoms with van der Waals surface area (Å²) in [7, 11) is 3.22. The second-order valence-electron chi connectivity index (χ2n) is 9.70. The Hall–Kier alpha value is -4.98. The lowest BCUT2D eigenvalue weighted by atomic mass is 10.1. The maximum Gasteiger partial charge on any atom is 0.259 e. The van der Waals surface area contributed by atoms with E-state index in [1.54, 1.807) is 31.4 Å². The van der Waals surface area contributed by atoms with Crippen molar-refractivity contribution in [3.8, 4) is 11.5 Å². The average Bonchev–Trinajstić information content (AvgIpc) is 3.04. The molecule has 1 heterocycles. The van der Waals surface area contributed by atoms with Crippen molar-refractivity contribution in [1.29, 1.82) is 0 Å². The summed E-state index contributed by atoms with van der Waals surface area (Å²) in [6.45, 7) is 3.40. The number of amides is 2. The molecule has 0 aliphatic carbocycles. The van der Waals surface area contributed by atoms with Crippen LogP contribution in [0.4, 0.5) is 17.1 Å². The summed E-state index contributed by atoms with van der Waals surface area (Å²) in [6.07, 6.45) is 0.